The number of carbonyl (C=O) groups excluding carboxylic acids is 1. The predicted octanol–water partition coefficient (Wildman–Crippen LogP) is 4.33. The van der Waals surface area contributed by atoms with Gasteiger partial charge in [-0.3, -0.25) is 4.79 Å². The second-order valence-corrected chi connectivity index (χ2v) is 10.4. The van der Waals surface area contributed by atoms with E-state index in [4.69, 9.17) is 4.42 Å². The first-order valence-corrected chi connectivity index (χ1v) is 12.7. The zero-order chi connectivity index (χ0) is 24.0. The molecule has 0 bridgehead atoms. The lowest BCUT2D eigenvalue weighted by Gasteiger charge is -2.12. The van der Waals surface area contributed by atoms with Crippen molar-refractivity contribution in [1.82, 2.24) is 14.7 Å². The molecule has 2 aromatic heterocycles. The summed E-state index contributed by atoms with van der Waals surface area (Å²) in [6, 6.07) is 20.9. The molecule has 4 rings (SSSR count). The third-order valence-corrected chi connectivity index (χ3v) is 7.28. The second-order valence-electron chi connectivity index (χ2n) is 7.29. The minimum absolute atomic E-state index is 0.0532. The minimum atomic E-state index is -3.71. The third kappa shape index (κ3) is 6.10. The topological polar surface area (TPSA) is 114 Å². The van der Waals surface area contributed by atoms with E-state index in [0.717, 1.165) is 11.3 Å². The molecule has 0 saturated heterocycles. The first kappa shape index (κ1) is 23.7. The second kappa shape index (κ2) is 10.6. The molecule has 34 heavy (non-hydrogen) atoms. The molecule has 0 aliphatic rings. The molecule has 2 heterocycles. The molecule has 8 nitrogen and oxygen atoms in total. The largest absolute Gasteiger partial charge is 0.468 e. The number of hydrogen-bond acceptors (Lipinski definition) is 7. The number of thioether (sulfide) groups is 1. The Morgan fingerprint density at radius 1 is 1.03 bits per heavy atom. The molecule has 1 atom stereocenters. The SMILES string of the molecule is CC(Sc1cc(-c2ccccc2)ncn1)C(=O)Nc1ccc(S(=O)(=O)NCc2ccco2)cc1. The Kier molecular flexibility index (Phi) is 7.41. The van der Waals surface area contributed by atoms with Crippen LogP contribution in [0.3, 0.4) is 0 Å². The Hall–Kier alpha value is -3.47. The van der Waals surface area contributed by atoms with Crippen LogP contribution in [-0.4, -0.2) is 29.5 Å². The van der Waals surface area contributed by atoms with E-state index in [9.17, 15) is 13.2 Å². The molecule has 1 unspecified atom stereocenters. The average Bonchev–Trinajstić information content (AvgIpc) is 3.38. The van der Waals surface area contributed by atoms with Crippen LogP contribution in [0.5, 0.6) is 0 Å². The van der Waals surface area contributed by atoms with E-state index in [1.807, 2.05) is 36.4 Å². The summed E-state index contributed by atoms with van der Waals surface area (Å²) < 4.78 is 32.5. The number of anilines is 1. The van der Waals surface area contributed by atoms with Crippen molar-refractivity contribution < 1.29 is 17.6 Å². The first-order valence-electron chi connectivity index (χ1n) is 10.4. The van der Waals surface area contributed by atoms with Crippen LogP contribution >= 0.6 is 11.8 Å². The molecule has 2 aromatic carbocycles. The zero-order valence-electron chi connectivity index (χ0n) is 18.2. The van der Waals surface area contributed by atoms with Crippen LogP contribution in [0.1, 0.15) is 12.7 Å². The van der Waals surface area contributed by atoms with Crippen LogP contribution < -0.4 is 10.0 Å². The lowest BCUT2D eigenvalue weighted by Crippen LogP contribution is -2.24. The van der Waals surface area contributed by atoms with Gasteiger partial charge < -0.3 is 9.73 Å². The Morgan fingerprint density at radius 2 is 1.79 bits per heavy atom. The van der Waals surface area contributed by atoms with Crippen LogP contribution in [0.15, 0.2) is 99.7 Å². The number of sulfonamides is 1. The molecule has 10 heteroatoms. The number of furan rings is 1. The van der Waals surface area contributed by atoms with E-state index >= 15 is 0 Å². The van der Waals surface area contributed by atoms with Crippen molar-refractivity contribution in [1.29, 1.82) is 0 Å². The van der Waals surface area contributed by atoms with E-state index in [1.165, 1.54) is 36.5 Å². The summed E-state index contributed by atoms with van der Waals surface area (Å²) >= 11 is 1.31. The zero-order valence-corrected chi connectivity index (χ0v) is 19.8. The van der Waals surface area contributed by atoms with Gasteiger partial charge in [0.25, 0.3) is 0 Å². The molecule has 1 amide bonds. The van der Waals surface area contributed by atoms with Gasteiger partial charge in [0.05, 0.1) is 28.6 Å². The molecule has 0 saturated carbocycles. The summed E-state index contributed by atoms with van der Waals surface area (Å²) in [6.45, 7) is 1.83. The highest BCUT2D eigenvalue weighted by Crippen LogP contribution is 2.26. The van der Waals surface area contributed by atoms with Gasteiger partial charge in [0.15, 0.2) is 0 Å². The number of carbonyl (C=O) groups is 1. The summed E-state index contributed by atoms with van der Waals surface area (Å²) in [5, 5.41) is 3.06. The molecular formula is C24H22N4O4S2. The standard InChI is InChI=1S/C24H22N4O4S2/c1-17(33-23-14-22(25-16-26-23)18-6-3-2-4-7-18)24(29)28-19-9-11-21(12-10-19)34(30,31)27-15-20-8-5-13-32-20/h2-14,16-17,27H,15H2,1H3,(H,28,29). The van der Waals surface area contributed by atoms with Gasteiger partial charge in [0, 0.05) is 11.3 Å². The highest BCUT2D eigenvalue weighted by atomic mass is 32.2. The summed E-state index contributed by atoms with van der Waals surface area (Å²) in [6.07, 6.45) is 2.96. The van der Waals surface area contributed by atoms with E-state index in [0.29, 0.717) is 16.5 Å². The average molecular weight is 495 g/mol. The van der Waals surface area contributed by atoms with Gasteiger partial charge in [-0.15, -0.1) is 0 Å². The molecule has 0 fully saturated rings. The monoisotopic (exact) mass is 494 g/mol. The lowest BCUT2D eigenvalue weighted by atomic mass is 10.1. The Bertz CT molecular complexity index is 1340. The summed E-state index contributed by atoms with van der Waals surface area (Å²) in [5.74, 6) is 0.287. The smallest absolute Gasteiger partial charge is 0.240 e. The molecule has 2 N–H and O–H groups in total. The lowest BCUT2D eigenvalue weighted by molar-refractivity contribution is -0.115. The highest BCUT2D eigenvalue weighted by Gasteiger charge is 2.18. The van der Waals surface area contributed by atoms with Gasteiger partial charge >= 0.3 is 0 Å². The Morgan fingerprint density at radius 3 is 2.50 bits per heavy atom. The number of hydrogen-bond donors (Lipinski definition) is 2. The summed E-state index contributed by atoms with van der Waals surface area (Å²) in [5.41, 5.74) is 2.25. The van der Waals surface area contributed by atoms with Crippen molar-refractivity contribution >= 4 is 33.4 Å². The molecule has 0 radical (unpaired) electrons. The van der Waals surface area contributed by atoms with Crippen LogP contribution in [0.2, 0.25) is 0 Å². The normalized spacial score (nSPS) is 12.3. The molecule has 0 aliphatic heterocycles. The van der Waals surface area contributed by atoms with E-state index in [2.05, 4.69) is 20.0 Å². The van der Waals surface area contributed by atoms with Gasteiger partial charge in [-0.1, -0.05) is 42.1 Å². The number of aromatic nitrogens is 2. The van der Waals surface area contributed by atoms with Gasteiger partial charge in [-0.25, -0.2) is 23.1 Å². The number of amides is 1. The minimum Gasteiger partial charge on any atom is -0.468 e. The highest BCUT2D eigenvalue weighted by molar-refractivity contribution is 8.00. The first-order chi connectivity index (χ1) is 16.4. The fraction of sp³-hybridized carbons (Fsp3) is 0.125. The van der Waals surface area contributed by atoms with Crippen molar-refractivity contribution in [3.63, 3.8) is 0 Å². The molecule has 0 aliphatic carbocycles. The van der Waals surface area contributed by atoms with Gasteiger partial charge in [0.2, 0.25) is 15.9 Å². The number of benzene rings is 2. The number of rotatable bonds is 9. The summed E-state index contributed by atoms with van der Waals surface area (Å²) in [4.78, 5) is 21.3. The van der Waals surface area contributed by atoms with E-state index in [-0.39, 0.29) is 17.3 Å². The number of nitrogens with zero attached hydrogens (tertiary/aromatic N) is 2. The van der Waals surface area contributed by atoms with E-state index in [1.54, 1.807) is 31.2 Å². The Labute approximate surface area is 201 Å². The van der Waals surface area contributed by atoms with Crippen LogP contribution in [0.25, 0.3) is 11.3 Å². The van der Waals surface area contributed by atoms with Crippen molar-refractivity contribution in [2.45, 2.75) is 28.6 Å². The third-order valence-electron chi connectivity index (χ3n) is 4.83. The van der Waals surface area contributed by atoms with Crippen LogP contribution in [0.4, 0.5) is 5.69 Å². The Balaban J connectivity index is 1.35. The number of nitrogens with one attached hydrogen (secondary N) is 2. The van der Waals surface area contributed by atoms with Crippen molar-refractivity contribution in [3.05, 3.63) is 91.1 Å². The molecular weight excluding hydrogens is 472 g/mol. The molecule has 4 aromatic rings. The van der Waals surface area contributed by atoms with Gasteiger partial charge in [-0.2, -0.15) is 0 Å². The molecule has 174 valence electrons. The maximum Gasteiger partial charge on any atom is 0.240 e. The maximum atomic E-state index is 12.7. The van der Waals surface area contributed by atoms with Crippen molar-refractivity contribution in [3.8, 4) is 11.3 Å². The fourth-order valence-electron chi connectivity index (χ4n) is 3.03. The maximum absolute atomic E-state index is 12.7. The van der Waals surface area contributed by atoms with E-state index < -0.39 is 15.3 Å². The fourth-order valence-corrected chi connectivity index (χ4v) is 4.84. The van der Waals surface area contributed by atoms with Crippen molar-refractivity contribution in [2.75, 3.05) is 5.32 Å². The van der Waals surface area contributed by atoms with Crippen molar-refractivity contribution in [2.24, 2.45) is 0 Å². The quantitative estimate of drug-likeness (QED) is 0.263. The summed E-state index contributed by atoms with van der Waals surface area (Å²) in [7, 11) is -3.71. The van der Waals surface area contributed by atoms with Gasteiger partial charge in [0.1, 0.15) is 17.1 Å². The van der Waals surface area contributed by atoms with Crippen LogP contribution in [0, 0.1) is 0 Å². The van der Waals surface area contributed by atoms with Crippen LogP contribution in [-0.2, 0) is 21.4 Å². The predicted molar refractivity (Wildman–Crippen MR) is 131 cm³/mol. The molecule has 0 spiro atoms. The van der Waals surface area contributed by atoms with Gasteiger partial charge in [-0.05, 0) is 49.4 Å².